The molecule has 1 aromatic heterocycles. The maximum Gasteiger partial charge on any atom is 0.419 e. The van der Waals surface area contributed by atoms with E-state index in [9.17, 15) is 13.2 Å². The summed E-state index contributed by atoms with van der Waals surface area (Å²) < 4.78 is 36.9. The number of halogens is 3. The maximum absolute atomic E-state index is 12.3. The Bertz CT molecular complexity index is 376. The number of hydrogen-bond acceptors (Lipinski definition) is 4. The third-order valence-corrected chi connectivity index (χ3v) is 2.84. The Labute approximate surface area is 96.9 Å². The van der Waals surface area contributed by atoms with Crippen molar-refractivity contribution < 1.29 is 13.2 Å². The average Bonchev–Trinajstić information content (AvgIpc) is 2.76. The van der Waals surface area contributed by atoms with E-state index >= 15 is 0 Å². The van der Waals surface area contributed by atoms with E-state index in [1.165, 1.54) is 0 Å². The lowest BCUT2D eigenvalue weighted by Crippen LogP contribution is -2.30. The van der Waals surface area contributed by atoms with E-state index in [-0.39, 0.29) is 0 Å². The number of hydrogen-bond donors (Lipinski definition) is 1. The second-order valence-corrected chi connectivity index (χ2v) is 3.99. The highest BCUT2D eigenvalue weighted by Crippen LogP contribution is 2.28. The molecule has 0 saturated carbocycles. The Hall–Kier alpha value is -1.37. The summed E-state index contributed by atoms with van der Waals surface area (Å²) in [5.74, 6) is 0.357. The molecule has 7 heteroatoms. The molecule has 0 radical (unpaired) electrons. The molecule has 1 aromatic rings. The van der Waals surface area contributed by atoms with Gasteiger partial charge in [-0.1, -0.05) is 0 Å². The Morgan fingerprint density at radius 2 is 2.00 bits per heavy atom. The van der Waals surface area contributed by atoms with E-state index < -0.39 is 11.7 Å². The van der Waals surface area contributed by atoms with Crippen LogP contribution in [0.25, 0.3) is 0 Å². The summed E-state index contributed by atoms with van der Waals surface area (Å²) in [6, 6.07) is 0.348. The molecule has 17 heavy (non-hydrogen) atoms. The van der Waals surface area contributed by atoms with Crippen molar-refractivity contribution in [2.45, 2.75) is 18.6 Å². The van der Waals surface area contributed by atoms with Crippen molar-refractivity contribution in [1.29, 1.82) is 0 Å². The summed E-state index contributed by atoms with van der Waals surface area (Å²) in [5, 5.41) is 3.12. The zero-order valence-corrected chi connectivity index (χ0v) is 9.33. The van der Waals surface area contributed by atoms with Crippen molar-refractivity contribution in [2.24, 2.45) is 0 Å². The van der Waals surface area contributed by atoms with Gasteiger partial charge in [-0.25, -0.2) is 9.97 Å². The zero-order valence-electron chi connectivity index (χ0n) is 9.33. The van der Waals surface area contributed by atoms with Crippen molar-refractivity contribution in [3.05, 3.63) is 18.0 Å². The van der Waals surface area contributed by atoms with Gasteiger partial charge in [-0.05, 0) is 13.5 Å². The molecule has 2 rings (SSSR count). The van der Waals surface area contributed by atoms with Crippen LogP contribution in [0.3, 0.4) is 0 Å². The van der Waals surface area contributed by atoms with Gasteiger partial charge in [0.2, 0.25) is 5.95 Å². The second kappa shape index (κ2) is 4.48. The fraction of sp³-hybridized carbons (Fsp3) is 0.600. The lowest BCUT2D eigenvalue weighted by molar-refractivity contribution is -0.138. The standard InChI is InChI=1S/C10H13F3N4/c1-14-8-2-3-17(6-8)9-15-4-7(5-16-9)10(11,12)13/h4-5,8,14H,2-3,6H2,1H3/t8-/m0/s1. The van der Waals surface area contributed by atoms with Gasteiger partial charge < -0.3 is 10.2 Å². The lowest BCUT2D eigenvalue weighted by Gasteiger charge is -2.16. The Morgan fingerprint density at radius 3 is 2.47 bits per heavy atom. The molecule has 94 valence electrons. The largest absolute Gasteiger partial charge is 0.419 e. The van der Waals surface area contributed by atoms with Gasteiger partial charge >= 0.3 is 6.18 Å². The van der Waals surface area contributed by atoms with Crippen LogP contribution in [-0.2, 0) is 6.18 Å². The van der Waals surface area contributed by atoms with Crippen LogP contribution in [0.15, 0.2) is 12.4 Å². The van der Waals surface area contributed by atoms with Gasteiger partial charge in [-0.2, -0.15) is 13.2 Å². The molecule has 1 aliphatic heterocycles. The van der Waals surface area contributed by atoms with Crippen molar-refractivity contribution in [3.8, 4) is 0 Å². The third-order valence-electron chi connectivity index (χ3n) is 2.84. The number of alkyl halides is 3. The van der Waals surface area contributed by atoms with Gasteiger partial charge in [0, 0.05) is 31.5 Å². The average molecular weight is 246 g/mol. The second-order valence-electron chi connectivity index (χ2n) is 3.99. The number of nitrogens with one attached hydrogen (secondary N) is 1. The molecule has 4 nitrogen and oxygen atoms in total. The highest BCUT2D eigenvalue weighted by atomic mass is 19.4. The van der Waals surface area contributed by atoms with Crippen LogP contribution >= 0.6 is 0 Å². The van der Waals surface area contributed by atoms with Gasteiger partial charge in [0.15, 0.2) is 0 Å². The van der Waals surface area contributed by atoms with Crippen LogP contribution in [0.1, 0.15) is 12.0 Å². The first-order chi connectivity index (χ1) is 8.00. The van der Waals surface area contributed by atoms with E-state index in [1.54, 1.807) is 0 Å². The number of rotatable bonds is 2. The summed E-state index contributed by atoms with van der Waals surface area (Å²) in [7, 11) is 1.86. The first-order valence-electron chi connectivity index (χ1n) is 5.32. The maximum atomic E-state index is 12.3. The van der Waals surface area contributed by atoms with E-state index in [2.05, 4.69) is 15.3 Å². The SMILES string of the molecule is CN[C@H]1CCN(c2ncc(C(F)(F)F)cn2)C1. The molecule has 0 unspecified atom stereocenters. The minimum atomic E-state index is -4.38. The van der Waals surface area contributed by atoms with Crippen LogP contribution in [0.5, 0.6) is 0 Å². The quantitative estimate of drug-likeness (QED) is 0.853. The zero-order chi connectivity index (χ0) is 12.5. The van der Waals surface area contributed by atoms with Gasteiger partial charge in [-0.3, -0.25) is 0 Å². The summed E-state index contributed by atoms with van der Waals surface area (Å²) >= 11 is 0. The summed E-state index contributed by atoms with van der Waals surface area (Å²) in [6.07, 6.45) is -1.78. The minimum absolute atomic E-state index is 0.348. The highest BCUT2D eigenvalue weighted by molar-refractivity contribution is 5.32. The van der Waals surface area contributed by atoms with Gasteiger partial charge in [-0.15, -0.1) is 0 Å². The topological polar surface area (TPSA) is 41.0 Å². The Kier molecular flexibility index (Phi) is 3.19. The van der Waals surface area contributed by atoms with Gasteiger partial charge in [0.25, 0.3) is 0 Å². The molecule has 0 aliphatic carbocycles. The fourth-order valence-corrected chi connectivity index (χ4v) is 1.81. The van der Waals surface area contributed by atoms with Crippen molar-refractivity contribution in [2.75, 3.05) is 25.0 Å². The highest BCUT2D eigenvalue weighted by Gasteiger charge is 2.32. The molecule has 1 N–H and O–H groups in total. The minimum Gasteiger partial charge on any atom is -0.339 e. The third kappa shape index (κ3) is 2.66. The predicted molar refractivity (Wildman–Crippen MR) is 56.7 cm³/mol. The normalized spacial score (nSPS) is 20.9. The lowest BCUT2D eigenvalue weighted by atomic mass is 10.3. The van der Waals surface area contributed by atoms with E-state index in [1.807, 2.05) is 11.9 Å². The van der Waals surface area contributed by atoms with Crippen molar-refractivity contribution in [1.82, 2.24) is 15.3 Å². The van der Waals surface area contributed by atoms with E-state index in [4.69, 9.17) is 0 Å². The van der Waals surface area contributed by atoms with Crippen LogP contribution in [0.2, 0.25) is 0 Å². The fourth-order valence-electron chi connectivity index (χ4n) is 1.81. The van der Waals surface area contributed by atoms with Crippen molar-refractivity contribution in [3.63, 3.8) is 0 Å². The Balaban J connectivity index is 2.09. The smallest absolute Gasteiger partial charge is 0.339 e. The molecule has 0 aromatic carbocycles. The molecular weight excluding hydrogens is 233 g/mol. The number of nitrogens with zero attached hydrogens (tertiary/aromatic N) is 3. The van der Waals surface area contributed by atoms with Crippen LogP contribution in [0, 0.1) is 0 Å². The number of likely N-dealkylation sites (N-methyl/N-ethyl adjacent to an activating group) is 1. The van der Waals surface area contributed by atoms with Crippen LogP contribution in [0.4, 0.5) is 19.1 Å². The molecular formula is C10H13F3N4. The monoisotopic (exact) mass is 246 g/mol. The summed E-state index contributed by atoms with van der Waals surface area (Å²) in [4.78, 5) is 9.40. The molecule has 0 bridgehead atoms. The molecule has 0 amide bonds. The molecule has 0 spiro atoms. The van der Waals surface area contributed by atoms with Crippen LogP contribution in [-0.4, -0.2) is 36.1 Å². The number of anilines is 1. The number of aromatic nitrogens is 2. The van der Waals surface area contributed by atoms with Crippen molar-refractivity contribution >= 4 is 5.95 Å². The first-order valence-corrected chi connectivity index (χ1v) is 5.32. The summed E-state index contributed by atoms with van der Waals surface area (Å²) in [5.41, 5.74) is -0.814. The molecule has 2 heterocycles. The molecule has 1 aliphatic rings. The van der Waals surface area contributed by atoms with E-state index in [0.717, 1.165) is 31.9 Å². The van der Waals surface area contributed by atoms with Crippen LogP contribution < -0.4 is 10.2 Å². The van der Waals surface area contributed by atoms with Gasteiger partial charge in [0.1, 0.15) is 0 Å². The summed E-state index contributed by atoms with van der Waals surface area (Å²) in [6.45, 7) is 1.48. The molecule has 1 saturated heterocycles. The first kappa shape index (κ1) is 12.1. The Morgan fingerprint density at radius 1 is 1.35 bits per heavy atom. The van der Waals surface area contributed by atoms with E-state index in [0.29, 0.717) is 12.0 Å². The molecule has 1 fully saturated rings. The predicted octanol–water partition coefficient (Wildman–Crippen LogP) is 1.29. The molecule has 1 atom stereocenters. The van der Waals surface area contributed by atoms with Gasteiger partial charge in [0.05, 0.1) is 5.56 Å².